The Labute approximate surface area is 153 Å². The van der Waals surface area contributed by atoms with Gasteiger partial charge in [-0.1, -0.05) is 18.2 Å². The molecule has 4 N–H and O–H groups in total. The van der Waals surface area contributed by atoms with Gasteiger partial charge in [-0.2, -0.15) is 0 Å². The molecule has 0 atom stereocenters. The van der Waals surface area contributed by atoms with E-state index in [9.17, 15) is 4.79 Å². The molecule has 7 heteroatoms. The summed E-state index contributed by atoms with van der Waals surface area (Å²) in [5, 5.41) is 6.08. The van der Waals surface area contributed by atoms with Crippen molar-refractivity contribution in [1.29, 1.82) is 0 Å². The summed E-state index contributed by atoms with van der Waals surface area (Å²) >= 11 is 0. The van der Waals surface area contributed by atoms with Crippen molar-refractivity contribution < 1.29 is 9.53 Å². The van der Waals surface area contributed by atoms with Gasteiger partial charge < -0.3 is 21.1 Å². The van der Waals surface area contributed by atoms with Gasteiger partial charge >= 0.3 is 0 Å². The maximum Gasteiger partial charge on any atom is 0.226 e. The molecule has 0 saturated heterocycles. The van der Waals surface area contributed by atoms with Crippen LogP contribution < -0.4 is 16.4 Å². The lowest BCUT2D eigenvalue weighted by molar-refractivity contribution is -0.115. The minimum atomic E-state index is -0.0416. The number of aromatic nitrogens is 2. The molecular weight excluding hydrogens is 330 g/mol. The van der Waals surface area contributed by atoms with Crippen LogP contribution in [-0.2, 0) is 16.1 Å². The van der Waals surface area contributed by atoms with E-state index in [4.69, 9.17) is 10.5 Å². The highest BCUT2D eigenvalue weighted by atomic mass is 16.5. The van der Waals surface area contributed by atoms with Crippen molar-refractivity contribution in [2.24, 2.45) is 5.73 Å². The number of methoxy groups -OCH3 is 1. The maximum absolute atomic E-state index is 12.0. The average molecular weight is 355 g/mol. The van der Waals surface area contributed by atoms with Gasteiger partial charge in [0.25, 0.3) is 0 Å². The Morgan fingerprint density at radius 2 is 2.04 bits per heavy atom. The number of ether oxygens (including phenoxy) is 1. The Morgan fingerprint density at radius 1 is 1.27 bits per heavy atom. The number of carbonyl (C=O) groups is 1. The fourth-order valence-electron chi connectivity index (χ4n) is 2.96. The molecule has 26 heavy (non-hydrogen) atoms. The summed E-state index contributed by atoms with van der Waals surface area (Å²) in [6.07, 6.45) is 2.24. The van der Waals surface area contributed by atoms with E-state index in [0.29, 0.717) is 31.3 Å². The molecule has 1 aliphatic carbocycles. The van der Waals surface area contributed by atoms with Crippen molar-refractivity contribution in [2.45, 2.75) is 37.8 Å². The third-order valence-corrected chi connectivity index (χ3v) is 4.37. The number of hydrogen-bond donors (Lipinski definition) is 3. The van der Waals surface area contributed by atoms with E-state index in [0.717, 1.165) is 30.0 Å². The Bertz CT molecular complexity index is 732. The van der Waals surface area contributed by atoms with E-state index >= 15 is 0 Å². The molecule has 1 aliphatic rings. The molecule has 138 valence electrons. The number of hydrogen-bond acceptors (Lipinski definition) is 6. The zero-order valence-electron chi connectivity index (χ0n) is 14.9. The Hall–Kier alpha value is -2.51. The fourth-order valence-corrected chi connectivity index (χ4v) is 2.96. The van der Waals surface area contributed by atoms with Crippen LogP contribution in [0, 0.1) is 0 Å². The topological polar surface area (TPSA) is 102 Å². The number of para-hydroxylation sites is 1. The molecule has 2 aromatic rings. The van der Waals surface area contributed by atoms with Crippen LogP contribution in [0.2, 0.25) is 0 Å². The van der Waals surface area contributed by atoms with Gasteiger partial charge in [0.2, 0.25) is 5.91 Å². The second-order valence-electron chi connectivity index (χ2n) is 6.55. The summed E-state index contributed by atoms with van der Waals surface area (Å²) in [5.41, 5.74) is 7.68. The predicted octanol–water partition coefficient (Wildman–Crippen LogP) is 2.27. The SMILES string of the molecule is COCc1nc(NCCC(=O)Nc2ccccc2)cc(C2CC(N)C2)n1. The molecular formula is C19H25N5O2. The first-order chi connectivity index (χ1) is 12.6. The van der Waals surface area contributed by atoms with E-state index in [-0.39, 0.29) is 11.9 Å². The van der Waals surface area contributed by atoms with Crippen molar-refractivity contribution in [3.05, 3.63) is 47.9 Å². The predicted molar refractivity (Wildman–Crippen MR) is 101 cm³/mol. The molecule has 1 amide bonds. The van der Waals surface area contributed by atoms with Crippen molar-refractivity contribution in [1.82, 2.24) is 9.97 Å². The molecule has 7 nitrogen and oxygen atoms in total. The summed E-state index contributed by atoms with van der Waals surface area (Å²) in [6.45, 7) is 0.849. The number of nitrogens with two attached hydrogens (primary N) is 1. The van der Waals surface area contributed by atoms with Crippen LogP contribution in [0.4, 0.5) is 11.5 Å². The molecule has 0 radical (unpaired) electrons. The second-order valence-corrected chi connectivity index (χ2v) is 6.55. The number of nitrogens with one attached hydrogen (secondary N) is 2. The monoisotopic (exact) mass is 355 g/mol. The molecule has 1 fully saturated rings. The average Bonchev–Trinajstić information content (AvgIpc) is 2.60. The van der Waals surface area contributed by atoms with E-state index in [1.165, 1.54) is 0 Å². The Morgan fingerprint density at radius 3 is 2.73 bits per heavy atom. The lowest BCUT2D eigenvalue weighted by Gasteiger charge is -2.32. The first-order valence-electron chi connectivity index (χ1n) is 8.85. The zero-order valence-corrected chi connectivity index (χ0v) is 14.9. The summed E-state index contributed by atoms with van der Waals surface area (Å²) in [4.78, 5) is 21.0. The third kappa shape index (κ3) is 5.00. The van der Waals surface area contributed by atoms with Crippen LogP contribution in [-0.4, -0.2) is 35.6 Å². The van der Waals surface area contributed by atoms with Crippen LogP contribution >= 0.6 is 0 Å². The molecule has 1 heterocycles. The van der Waals surface area contributed by atoms with Crippen LogP contribution in [0.5, 0.6) is 0 Å². The molecule has 3 rings (SSSR count). The number of anilines is 2. The third-order valence-electron chi connectivity index (χ3n) is 4.37. The van der Waals surface area contributed by atoms with E-state index in [2.05, 4.69) is 20.6 Å². The van der Waals surface area contributed by atoms with Gasteiger partial charge in [-0.25, -0.2) is 9.97 Å². The van der Waals surface area contributed by atoms with Gasteiger partial charge in [0.1, 0.15) is 12.4 Å². The van der Waals surface area contributed by atoms with Gasteiger partial charge in [-0.15, -0.1) is 0 Å². The standard InChI is InChI=1S/C19H25N5O2/c1-26-12-18-23-16(13-9-14(20)10-13)11-17(24-18)21-8-7-19(25)22-15-5-3-2-4-6-15/h2-6,11,13-14H,7-10,12,20H2,1H3,(H,22,25)(H,21,23,24). The van der Waals surface area contributed by atoms with E-state index < -0.39 is 0 Å². The van der Waals surface area contributed by atoms with Gasteiger partial charge in [-0.3, -0.25) is 4.79 Å². The molecule has 1 aromatic heterocycles. The minimum Gasteiger partial charge on any atom is -0.377 e. The molecule has 1 saturated carbocycles. The molecule has 1 aromatic carbocycles. The highest BCUT2D eigenvalue weighted by Gasteiger charge is 2.29. The summed E-state index contributed by atoms with van der Waals surface area (Å²) in [5.74, 6) is 1.70. The minimum absolute atomic E-state index is 0.0416. The Kier molecular flexibility index (Phi) is 6.14. The molecule has 0 spiro atoms. The number of nitrogens with zero attached hydrogens (tertiary/aromatic N) is 2. The quantitative estimate of drug-likeness (QED) is 0.671. The smallest absolute Gasteiger partial charge is 0.226 e. The molecule has 0 bridgehead atoms. The van der Waals surface area contributed by atoms with Crippen LogP contribution in [0.15, 0.2) is 36.4 Å². The molecule has 0 unspecified atom stereocenters. The number of benzene rings is 1. The maximum atomic E-state index is 12.0. The Balaban J connectivity index is 1.55. The van der Waals surface area contributed by atoms with Gasteiger partial charge in [0.05, 0.1) is 0 Å². The number of rotatable bonds is 8. The van der Waals surface area contributed by atoms with Crippen molar-refractivity contribution in [2.75, 3.05) is 24.3 Å². The second kappa shape index (κ2) is 8.73. The van der Waals surface area contributed by atoms with Gasteiger partial charge in [0, 0.05) is 49.5 Å². The van der Waals surface area contributed by atoms with Gasteiger partial charge in [0.15, 0.2) is 5.82 Å². The van der Waals surface area contributed by atoms with Crippen molar-refractivity contribution in [3.8, 4) is 0 Å². The normalized spacial score (nSPS) is 18.8. The van der Waals surface area contributed by atoms with Gasteiger partial charge in [-0.05, 0) is 25.0 Å². The number of amides is 1. The zero-order chi connectivity index (χ0) is 18.4. The highest BCUT2D eigenvalue weighted by molar-refractivity contribution is 5.90. The molecule has 0 aliphatic heterocycles. The van der Waals surface area contributed by atoms with E-state index in [1.807, 2.05) is 36.4 Å². The van der Waals surface area contributed by atoms with Crippen LogP contribution in [0.3, 0.4) is 0 Å². The number of carbonyl (C=O) groups excluding carboxylic acids is 1. The van der Waals surface area contributed by atoms with E-state index in [1.54, 1.807) is 7.11 Å². The van der Waals surface area contributed by atoms with Crippen molar-refractivity contribution in [3.63, 3.8) is 0 Å². The largest absolute Gasteiger partial charge is 0.377 e. The lowest BCUT2D eigenvalue weighted by Crippen LogP contribution is -2.35. The first kappa shape index (κ1) is 18.3. The lowest BCUT2D eigenvalue weighted by atomic mass is 9.78. The first-order valence-corrected chi connectivity index (χ1v) is 8.85. The fraction of sp³-hybridized carbons (Fsp3) is 0.421. The van der Waals surface area contributed by atoms with Crippen LogP contribution in [0.1, 0.15) is 36.7 Å². The van der Waals surface area contributed by atoms with Crippen molar-refractivity contribution >= 4 is 17.4 Å². The van der Waals surface area contributed by atoms with Crippen LogP contribution in [0.25, 0.3) is 0 Å². The summed E-state index contributed by atoms with van der Waals surface area (Å²) in [6, 6.07) is 11.6. The summed E-state index contributed by atoms with van der Waals surface area (Å²) < 4.78 is 5.16. The summed E-state index contributed by atoms with van der Waals surface area (Å²) in [7, 11) is 1.62. The highest BCUT2D eigenvalue weighted by Crippen LogP contribution is 2.35.